The van der Waals surface area contributed by atoms with Gasteiger partial charge in [0.15, 0.2) is 5.78 Å². The average molecular weight is 397 g/mol. The Labute approximate surface area is 176 Å². The molecular weight excluding hydrogens is 360 g/mol. The van der Waals surface area contributed by atoms with Crippen molar-refractivity contribution < 1.29 is 14.3 Å². The summed E-state index contributed by atoms with van der Waals surface area (Å²) in [5, 5.41) is 0. The highest BCUT2D eigenvalue weighted by Crippen LogP contribution is 2.49. The van der Waals surface area contributed by atoms with Gasteiger partial charge in [0.25, 0.3) is 0 Å². The van der Waals surface area contributed by atoms with E-state index in [-0.39, 0.29) is 16.6 Å². The molecule has 0 radical (unpaired) electrons. The molecule has 1 unspecified atom stereocenters. The van der Waals surface area contributed by atoms with Gasteiger partial charge in [-0.15, -0.1) is 0 Å². The molecule has 0 aromatic heterocycles. The third-order valence-electron chi connectivity index (χ3n) is 6.51. The minimum absolute atomic E-state index is 0.155. The summed E-state index contributed by atoms with van der Waals surface area (Å²) in [6.45, 7) is 15.3. The Bertz CT molecular complexity index is 837. The first-order chi connectivity index (χ1) is 13.4. The van der Waals surface area contributed by atoms with E-state index in [2.05, 4.69) is 53.7 Å². The Morgan fingerprint density at radius 1 is 0.931 bits per heavy atom. The number of carbonyl (C=O) groups is 1. The summed E-state index contributed by atoms with van der Waals surface area (Å²) < 4.78 is 9.92. The Kier molecular flexibility index (Phi) is 6.82. The van der Waals surface area contributed by atoms with Crippen molar-refractivity contribution in [3.63, 3.8) is 0 Å². The van der Waals surface area contributed by atoms with Crippen LogP contribution in [0.25, 0.3) is 0 Å². The van der Waals surface area contributed by atoms with Crippen LogP contribution >= 0.6 is 0 Å². The van der Waals surface area contributed by atoms with Gasteiger partial charge >= 0.3 is 0 Å². The van der Waals surface area contributed by atoms with E-state index in [9.17, 15) is 4.79 Å². The van der Waals surface area contributed by atoms with Gasteiger partial charge in [-0.1, -0.05) is 40.7 Å². The van der Waals surface area contributed by atoms with Crippen LogP contribution in [0.3, 0.4) is 0 Å². The van der Waals surface area contributed by atoms with Gasteiger partial charge in [0.1, 0.15) is 11.5 Å². The molecular formula is C26H36O3. The molecule has 0 N–H and O–H groups in total. The van der Waals surface area contributed by atoms with Crippen LogP contribution in [0.5, 0.6) is 11.5 Å². The van der Waals surface area contributed by atoms with Gasteiger partial charge in [-0.2, -0.15) is 0 Å². The zero-order valence-electron chi connectivity index (χ0n) is 19.5. The van der Waals surface area contributed by atoms with E-state index < -0.39 is 0 Å². The first-order valence-corrected chi connectivity index (χ1v) is 10.3. The summed E-state index contributed by atoms with van der Waals surface area (Å²) in [5.41, 5.74) is 5.14. The number of benzene rings is 2. The monoisotopic (exact) mass is 396 g/mol. The molecule has 3 rings (SSSR count). The van der Waals surface area contributed by atoms with E-state index in [0.717, 1.165) is 22.6 Å². The lowest BCUT2D eigenvalue weighted by Gasteiger charge is -2.47. The Morgan fingerprint density at radius 2 is 1.41 bits per heavy atom. The van der Waals surface area contributed by atoms with Crippen LogP contribution in [-0.4, -0.2) is 20.0 Å². The molecule has 1 aliphatic carbocycles. The maximum atomic E-state index is 11.8. The highest BCUT2D eigenvalue weighted by Gasteiger charge is 2.42. The van der Waals surface area contributed by atoms with Crippen molar-refractivity contribution in [1.82, 2.24) is 0 Å². The van der Waals surface area contributed by atoms with Gasteiger partial charge in [-0.05, 0) is 84.0 Å². The molecule has 158 valence electrons. The van der Waals surface area contributed by atoms with Crippen LogP contribution in [-0.2, 0) is 10.8 Å². The number of hydrogen-bond donors (Lipinski definition) is 0. The molecule has 1 aliphatic rings. The van der Waals surface area contributed by atoms with Gasteiger partial charge in [0, 0.05) is 5.56 Å². The van der Waals surface area contributed by atoms with E-state index in [1.165, 1.54) is 17.5 Å². The Balaban J connectivity index is 0.000000253. The van der Waals surface area contributed by atoms with E-state index in [4.69, 9.17) is 9.47 Å². The Morgan fingerprint density at radius 3 is 1.83 bits per heavy atom. The number of Topliss-reactive ketones (excluding diaryl/α,β-unsaturated/α-hetero) is 1. The molecule has 0 amide bonds. The highest BCUT2D eigenvalue weighted by atomic mass is 16.5. The first-order valence-electron chi connectivity index (χ1n) is 10.3. The zero-order chi connectivity index (χ0) is 22.0. The molecule has 2 aromatic rings. The number of hydrogen-bond acceptors (Lipinski definition) is 3. The van der Waals surface area contributed by atoms with Crippen LogP contribution in [0.4, 0.5) is 0 Å². The third kappa shape index (κ3) is 4.83. The molecule has 0 fully saturated rings. The van der Waals surface area contributed by atoms with Gasteiger partial charge in [-0.25, -0.2) is 0 Å². The van der Waals surface area contributed by atoms with Gasteiger partial charge in [0.2, 0.25) is 0 Å². The molecule has 0 heterocycles. The summed E-state index contributed by atoms with van der Waals surface area (Å²) in [6, 6.07) is 11.8. The number of fused-ring (bicyclic) bond motifs is 1. The van der Waals surface area contributed by atoms with Crippen molar-refractivity contribution in [2.45, 2.75) is 65.7 Å². The molecule has 1 atom stereocenters. The predicted molar refractivity (Wildman–Crippen MR) is 121 cm³/mol. The second-order valence-electron chi connectivity index (χ2n) is 9.36. The molecule has 0 saturated heterocycles. The SMILES string of the molecule is CC(=O)c1cc2c(cc1C)C(C)(C)C(C)CC2(C)C.COc1ccc(OC)cc1. The molecule has 0 saturated carbocycles. The van der Waals surface area contributed by atoms with Crippen LogP contribution in [0.1, 0.15) is 75.0 Å². The molecule has 29 heavy (non-hydrogen) atoms. The van der Waals surface area contributed by atoms with Crippen molar-refractivity contribution in [3.8, 4) is 11.5 Å². The van der Waals surface area contributed by atoms with Crippen LogP contribution in [0, 0.1) is 12.8 Å². The quantitative estimate of drug-likeness (QED) is 0.556. The van der Waals surface area contributed by atoms with Gasteiger partial charge in [0.05, 0.1) is 14.2 Å². The van der Waals surface area contributed by atoms with Crippen molar-refractivity contribution in [1.29, 1.82) is 0 Å². The standard InChI is InChI=1S/C18H26O.C8H10O2/c1-11-8-16-15(9-14(11)13(3)19)17(4,5)10-12(2)18(16,6)7;1-9-7-3-5-8(10-2)6-4-7/h8-9,12H,10H2,1-7H3;3-6H,1-2H3. The lowest BCUT2D eigenvalue weighted by molar-refractivity contribution is 0.101. The number of aryl methyl sites for hydroxylation is 1. The molecule has 3 nitrogen and oxygen atoms in total. The van der Waals surface area contributed by atoms with Gasteiger partial charge in [-0.3, -0.25) is 4.79 Å². The molecule has 0 aliphatic heterocycles. The molecule has 3 heteroatoms. The molecule has 0 spiro atoms. The van der Waals surface area contributed by atoms with E-state index in [0.29, 0.717) is 5.92 Å². The highest BCUT2D eigenvalue weighted by molar-refractivity contribution is 5.96. The van der Waals surface area contributed by atoms with Crippen LogP contribution < -0.4 is 9.47 Å². The van der Waals surface area contributed by atoms with Crippen molar-refractivity contribution >= 4 is 5.78 Å². The third-order valence-corrected chi connectivity index (χ3v) is 6.51. The summed E-state index contributed by atoms with van der Waals surface area (Å²) in [4.78, 5) is 11.8. The van der Waals surface area contributed by atoms with Crippen molar-refractivity contribution in [2.24, 2.45) is 5.92 Å². The van der Waals surface area contributed by atoms with E-state index in [1.807, 2.05) is 24.3 Å². The zero-order valence-corrected chi connectivity index (χ0v) is 19.5. The normalized spacial score (nSPS) is 18.7. The fraction of sp³-hybridized carbons (Fsp3) is 0.500. The second-order valence-corrected chi connectivity index (χ2v) is 9.36. The fourth-order valence-corrected chi connectivity index (χ4v) is 4.29. The summed E-state index contributed by atoms with van der Waals surface area (Å²) in [5.74, 6) is 2.52. The smallest absolute Gasteiger partial charge is 0.160 e. The minimum atomic E-state index is 0.155. The van der Waals surface area contributed by atoms with E-state index >= 15 is 0 Å². The average Bonchev–Trinajstić information content (AvgIpc) is 2.66. The number of carbonyl (C=O) groups excluding carboxylic acids is 1. The first kappa shape index (κ1) is 23.0. The van der Waals surface area contributed by atoms with Crippen LogP contribution in [0.2, 0.25) is 0 Å². The predicted octanol–water partition coefficient (Wildman–Crippen LogP) is 6.50. The van der Waals surface area contributed by atoms with Gasteiger partial charge < -0.3 is 9.47 Å². The fourth-order valence-electron chi connectivity index (χ4n) is 4.29. The van der Waals surface area contributed by atoms with Crippen molar-refractivity contribution in [3.05, 3.63) is 58.7 Å². The summed E-state index contributed by atoms with van der Waals surface area (Å²) >= 11 is 0. The van der Waals surface area contributed by atoms with E-state index in [1.54, 1.807) is 21.1 Å². The second kappa shape index (κ2) is 8.61. The number of ether oxygens (including phenoxy) is 2. The maximum Gasteiger partial charge on any atom is 0.160 e. The number of ketones is 1. The number of methoxy groups -OCH3 is 2. The Hall–Kier alpha value is -2.29. The topological polar surface area (TPSA) is 35.5 Å². The molecule has 0 bridgehead atoms. The summed E-state index contributed by atoms with van der Waals surface area (Å²) in [7, 11) is 3.28. The van der Waals surface area contributed by atoms with Crippen LogP contribution in [0.15, 0.2) is 36.4 Å². The molecule has 2 aromatic carbocycles. The largest absolute Gasteiger partial charge is 0.497 e. The lowest BCUT2D eigenvalue weighted by atomic mass is 9.58. The lowest BCUT2D eigenvalue weighted by Crippen LogP contribution is -2.40. The minimum Gasteiger partial charge on any atom is -0.497 e. The summed E-state index contributed by atoms with van der Waals surface area (Å²) in [6.07, 6.45) is 1.17. The van der Waals surface area contributed by atoms with Crippen molar-refractivity contribution in [2.75, 3.05) is 14.2 Å². The number of rotatable bonds is 3. The maximum absolute atomic E-state index is 11.8.